The van der Waals surface area contributed by atoms with Crippen molar-refractivity contribution < 1.29 is 14.6 Å². The van der Waals surface area contributed by atoms with E-state index in [1.54, 1.807) is 0 Å². The molecule has 0 amide bonds. The fourth-order valence-corrected chi connectivity index (χ4v) is 5.11. The van der Waals surface area contributed by atoms with Crippen LogP contribution in [0.15, 0.2) is 67.1 Å². The second-order valence-corrected chi connectivity index (χ2v) is 10.2. The van der Waals surface area contributed by atoms with Gasteiger partial charge in [-0.05, 0) is 29.8 Å². The number of carboxylic acid groups (broad SMARTS) is 1. The van der Waals surface area contributed by atoms with E-state index in [-0.39, 0.29) is 5.95 Å². The molecule has 4 heterocycles. The van der Waals surface area contributed by atoms with Crippen molar-refractivity contribution >= 4 is 35.2 Å². The Bertz CT molecular complexity index is 1440. The van der Waals surface area contributed by atoms with Crippen LogP contribution in [0.5, 0.6) is 0 Å². The van der Waals surface area contributed by atoms with E-state index in [0.29, 0.717) is 17.6 Å². The summed E-state index contributed by atoms with van der Waals surface area (Å²) in [6.45, 7) is 7.20. The number of rotatable bonds is 10. The molecule has 0 aliphatic carbocycles. The second kappa shape index (κ2) is 12.8. The fourth-order valence-electron chi connectivity index (χ4n) is 5.11. The number of H-pyrrole nitrogens is 1. The minimum Gasteiger partial charge on any atom is -0.479 e. The van der Waals surface area contributed by atoms with Gasteiger partial charge in [0.05, 0.1) is 31.4 Å². The predicted octanol–water partition coefficient (Wildman–Crippen LogP) is 2.73. The highest BCUT2D eigenvalue weighted by atomic mass is 16.5. The molecule has 2 aliphatic rings. The highest BCUT2D eigenvalue weighted by molar-refractivity contribution is 5.78. The quantitative estimate of drug-likeness (QED) is 0.222. The predicted molar refractivity (Wildman–Crippen MR) is 159 cm³/mol. The van der Waals surface area contributed by atoms with Crippen molar-refractivity contribution in [1.82, 2.24) is 29.8 Å². The number of ether oxygens (including phenoxy) is 1. The molecule has 6 rings (SSSR count). The topological polar surface area (TPSA) is 148 Å². The van der Waals surface area contributed by atoms with Gasteiger partial charge in [-0.3, -0.25) is 4.90 Å². The molecule has 2 aromatic carbocycles. The number of morpholine rings is 1. The average molecular weight is 571 g/mol. The molecule has 0 radical (unpaired) electrons. The third-order valence-corrected chi connectivity index (χ3v) is 7.38. The molecule has 2 aromatic heterocycles. The molecule has 4 N–H and O–H groups in total. The monoisotopic (exact) mass is 570 g/mol. The van der Waals surface area contributed by atoms with Gasteiger partial charge in [-0.1, -0.05) is 30.3 Å². The number of nitrogens with one attached hydrogen (secondary N) is 3. The third-order valence-electron chi connectivity index (χ3n) is 7.38. The van der Waals surface area contributed by atoms with Gasteiger partial charge in [-0.25, -0.2) is 9.78 Å². The summed E-state index contributed by atoms with van der Waals surface area (Å²) in [6.07, 6.45) is 2.91. The lowest BCUT2D eigenvalue weighted by Gasteiger charge is -2.34. The van der Waals surface area contributed by atoms with Gasteiger partial charge >= 0.3 is 5.97 Å². The first kappa shape index (κ1) is 27.4. The van der Waals surface area contributed by atoms with Crippen LogP contribution in [0.25, 0.3) is 0 Å². The Labute approximate surface area is 243 Å². The van der Waals surface area contributed by atoms with Crippen molar-refractivity contribution in [2.24, 2.45) is 0 Å². The minimum absolute atomic E-state index is 0.154. The Hall–Kier alpha value is -4.75. The summed E-state index contributed by atoms with van der Waals surface area (Å²) in [5.74, 6) is -0.125. The number of aliphatic carboxylic acids is 1. The highest BCUT2D eigenvalue weighted by Crippen LogP contribution is 2.24. The summed E-state index contributed by atoms with van der Waals surface area (Å²) < 4.78 is 5.46. The Balaban J connectivity index is 1.21. The molecule has 42 heavy (non-hydrogen) atoms. The first-order valence-electron chi connectivity index (χ1n) is 14.1. The van der Waals surface area contributed by atoms with Crippen LogP contribution in [-0.2, 0) is 16.1 Å². The van der Waals surface area contributed by atoms with Gasteiger partial charge in [0, 0.05) is 57.2 Å². The lowest BCUT2D eigenvalue weighted by Crippen LogP contribution is -2.46. The number of benzene rings is 2. The number of anilines is 5. The van der Waals surface area contributed by atoms with Crippen LogP contribution in [0.2, 0.25) is 0 Å². The van der Waals surface area contributed by atoms with Crippen LogP contribution >= 0.6 is 0 Å². The zero-order valence-corrected chi connectivity index (χ0v) is 23.2. The SMILES string of the molecule is O=C(O)C(Nc1nc(Nc2ccc(N3CCOCC3)cc2)nc(N2CCN(Cc3ccccc3)CC2)n1)c1cnc[nH]1. The van der Waals surface area contributed by atoms with Crippen molar-refractivity contribution in [3.63, 3.8) is 0 Å². The van der Waals surface area contributed by atoms with Crippen molar-refractivity contribution in [1.29, 1.82) is 0 Å². The molecule has 4 aromatic rings. The number of aromatic amines is 1. The van der Waals surface area contributed by atoms with E-state index in [4.69, 9.17) is 9.72 Å². The summed E-state index contributed by atoms with van der Waals surface area (Å²) in [4.78, 5) is 39.6. The molecule has 0 spiro atoms. The molecule has 13 heteroatoms. The number of carboxylic acids is 1. The summed E-state index contributed by atoms with van der Waals surface area (Å²) in [6, 6.07) is 17.4. The van der Waals surface area contributed by atoms with Crippen LogP contribution in [0, 0.1) is 0 Å². The van der Waals surface area contributed by atoms with Gasteiger partial charge in [0.1, 0.15) is 0 Å². The number of imidazole rings is 1. The lowest BCUT2D eigenvalue weighted by atomic mass is 10.2. The normalized spacial score (nSPS) is 16.7. The first-order valence-corrected chi connectivity index (χ1v) is 14.1. The van der Waals surface area contributed by atoms with Crippen LogP contribution in [0.4, 0.5) is 29.2 Å². The summed E-state index contributed by atoms with van der Waals surface area (Å²) >= 11 is 0. The van der Waals surface area contributed by atoms with Gasteiger partial charge < -0.3 is 35.3 Å². The molecule has 2 saturated heterocycles. The van der Waals surface area contributed by atoms with Crippen molar-refractivity contribution in [2.75, 3.05) is 72.9 Å². The van der Waals surface area contributed by atoms with Gasteiger partial charge in [0.25, 0.3) is 0 Å². The molecule has 2 fully saturated rings. The maximum absolute atomic E-state index is 12.1. The van der Waals surface area contributed by atoms with E-state index >= 15 is 0 Å². The number of hydrogen-bond acceptors (Lipinski definition) is 11. The summed E-state index contributed by atoms with van der Waals surface area (Å²) in [5, 5.41) is 16.1. The fraction of sp³-hybridized carbons (Fsp3) is 0.345. The highest BCUT2D eigenvalue weighted by Gasteiger charge is 2.25. The summed E-state index contributed by atoms with van der Waals surface area (Å²) in [5.41, 5.74) is 3.61. The van der Waals surface area contributed by atoms with Crippen LogP contribution < -0.4 is 20.4 Å². The minimum atomic E-state index is -1.11. The number of aromatic nitrogens is 5. The van der Waals surface area contributed by atoms with E-state index < -0.39 is 12.0 Å². The summed E-state index contributed by atoms with van der Waals surface area (Å²) in [7, 11) is 0. The van der Waals surface area contributed by atoms with E-state index in [1.165, 1.54) is 18.1 Å². The Morgan fingerprint density at radius 3 is 2.33 bits per heavy atom. The number of hydrogen-bond donors (Lipinski definition) is 4. The lowest BCUT2D eigenvalue weighted by molar-refractivity contribution is -0.138. The maximum Gasteiger partial charge on any atom is 0.332 e. The zero-order valence-electron chi connectivity index (χ0n) is 23.2. The van der Waals surface area contributed by atoms with Crippen molar-refractivity contribution in [2.45, 2.75) is 12.6 Å². The molecular formula is C29H34N10O3. The van der Waals surface area contributed by atoms with Crippen LogP contribution in [0.3, 0.4) is 0 Å². The number of carbonyl (C=O) groups is 1. The van der Waals surface area contributed by atoms with Crippen LogP contribution in [-0.4, -0.2) is 93.4 Å². The van der Waals surface area contributed by atoms with Gasteiger partial charge in [-0.2, -0.15) is 15.0 Å². The van der Waals surface area contributed by atoms with E-state index in [2.05, 4.69) is 81.7 Å². The number of piperazine rings is 1. The van der Waals surface area contributed by atoms with E-state index in [9.17, 15) is 9.90 Å². The maximum atomic E-state index is 12.1. The third kappa shape index (κ3) is 6.75. The molecule has 2 aliphatic heterocycles. The van der Waals surface area contributed by atoms with Crippen LogP contribution in [0.1, 0.15) is 17.3 Å². The smallest absolute Gasteiger partial charge is 0.332 e. The molecule has 1 unspecified atom stereocenters. The van der Waals surface area contributed by atoms with Gasteiger partial charge in [0.2, 0.25) is 17.8 Å². The Morgan fingerprint density at radius 2 is 1.64 bits per heavy atom. The first-order chi connectivity index (χ1) is 20.6. The average Bonchev–Trinajstić information content (AvgIpc) is 3.56. The second-order valence-electron chi connectivity index (χ2n) is 10.2. The number of nitrogens with zero attached hydrogens (tertiary/aromatic N) is 7. The van der Waals surface area contributed by atoms with Gasteiger partial charge in [-0.15, -0.1) is 0 Å². The Morgan fingerprint density at radius 1 is 0.905 bits per heavy atom. The molecule has 218 valence electrons. The molecular weight excluding hydrogens is 536 g/mol. The van der Waals surface area contributed by atoms with Crippen molar-refractivity contribution in [3.05, 3.63) is 78.4 Å². The van der Waals surface area contributed by atoms with E-state index in [0.717, 1.165) is 70.4 Å². The molecule has 1 atom stereocenters. The largest absolute Gasteiger partial charge is 0.479 e. The zero-order chi connectivity index (χ0) is 28.7. The molecule has 13 nitrogen and oxygen atoms in total. The van der Waals surface area contributed by atoms with Gasteiger partial charge in [0.15, 0.2) is 6.04 Å². The molecule has 0 bridgehead atoms. The standard InChI is InChI=1S/C29H34N10O3/c40-26(41)25(24-18-30-20-31-24)33-28-34-27(32-22-6-8-23(9-7-22)38-14-16-42-17-15-38)35-29(36-28)39-12-10-37(11-13-39)19-21-4-2-1-3-5-21/h1-9,18,20,25H,10-17,19H2,(H,30,31)(H,40,41)(H2,32,33,34,35,36). The molecule has 0 saturated carbocycles. The Kier molecular flexibility index (Phi) is 8.38. The van der Waals surface area contributed by atoms with Crippen molar-refractivity contribution in [3.8, 4) is 0 Å². The van der Waals surface area contributed by atoms with E-state index in [1.807, 2.05) is 18.2 Å².